The summed E-state index contributed by atoms with van der Waals surface area (Å²) in [4.78, 5) is 15.5. The molecule has 0 spiro atoms. The maximum Gasteiger partial charge on any atom is 0.407 e. The van der Waals surface area contributed by atoms with Crippen molar-refractivity contribution in [1.82, 2.24) is 4.68 Å². The molecular weight excluding hydrogens is 331 g/mol. The minimum atomic E-state index is -4.78. The zero-order chi connectivity index (χ0) is 18.0. The molecule has 0 fully saturated rings. The highest BCUT2D eigenvalue weighted by Crippen LogP contribution is 2.37. The fraction of sp³-hybridized carbons (Fsp3) is 0.222. The summed E-state index contributed by atoms with van der Waals surface area (Å²) < 4.78 is 41.0. The molecule has 1 heterocycles. The van der Waals surface area contributed by atoms with E-state index in [4.69, 9.17) is 6.57 Å². The van der Waals surface area contributed by atoms with Gasteiger partial charge in [-0.3, -0.25) is 10.2 Å². The van der Waals surface area contributed by atoms with Crippen LogP contribution in [0.4, 0.5) is 18.9 Å². The summed E-state index contributed by atoms with van der Waals surface area (Å²) in [5.74, 6) is 0. The zero-order valence-corrected chi connectivity index (χ0v) is 13.1. The second-order valence-electron chi connectivity index (χ2n) is 5.64. The van der Waals surface area contributed by atoms with Crippen molar-refractivity contribution in [3.8, 4) is 11.3 Å². The van der Waals surface area contributed by atoms with Gasteiger partial charge >= 0.3 is 6.18 Å². The highest BCUT2D eigenvalue weighted by molar-refractivity contribution is 5.66. The third-order valence-corrected chi connectivity index (χ3v) is 3.97. The summed E-state index contributed by atoms with van der Waals surface area (Å²) in [5.41, 5.74) is 1.01. The van der Waals surface area contributed by atoms with Crippen LogP contribution in [-0.4, -0.2) is 4.68 Å². The number of nitrogens with one attached hydrogen (secondary N) is 1. The van der Waals surface area contributed by atoms with Gasteiger partial charge in [0, 0.05) is 11.3 Å². The van der Waals surface area contributed by atoms with Gasteiger partial charge in [-0.1, -0.05) is 36.4 Å². The number of rotatable bonds is 3. The Bertz CT molecular complexity index is 922. The number of hydrogen-bond acceptors (Lipinski definition) is 2. The van der Waals surface area contributed by atoms with Crippen LogP contribution in [0.25, 0.3) is 16.1 Å². The van der Waals surface area contributed by atoms with Crippen LogP contribution in [0.2, 0.25) is 0 Å². The highest BCUT2D eigenvalue weighted by Gasteiger charge is 2.36. The Morgan fingerprint density at radius 2 is 1.92 bits per heavy atom. The number of allylic oxidation sites excluding steroid dienone is 2. The Morgan fingerprint density at radius 3 is 2.48 bits per heavy atom. The van der Waals surface area contributed by atoms with Crippen molar-refractivity contribution in [2.75, 3.05) is 5.43 Å². The van der Waals surface area contributed by atoms with Gasteiger partial charge in [0.2, 0.25) is 0 Å². The molecule has 0 aliphatic heterocycles. The first kappa shape index (κ1) is 16.8. The van der Waals surface area contributed by atoms with Crippen LogP contribution in [0.5, 0.6) is 0 Å². The van der Waals surface area contributed by atoms with Gasteiger partial charge in [0.15, 0.2) is 0 Å². The predicted molar refractivity (Wildman–Crippen MR) is 88.7 cm³/mol. The smallest absolute Gasteiger partial charge is 0.297 e. The van der Waals surface area contributed by atoms with Crippen molar-refractivity contribution >= 4 is 5.69 Å². The summed E-state index contributed by atoms with van der Waals surface area (Å²) in [6.07, 6.45) is -0.429. The van der Waals surface area contributed by atoms with E-state index in [2.05, 4.69) is 10.3 Å². The van der Waals surface area contributed by atoms with E-state index >= 15 is 0 Å². The molecule has 7 heteroatoms. The van der Waals surface area contributed by atoms with E-state index in [1.165, 1.54) is 0 Å². The van der Waals surface area contributed by atoms with Gasteiger partial charge in [-0.05, 0) is 25.3 Å². The molecule has 1 aliphatic rings. The molecule has 0 radical (unpaired) electrons. The summed E-state index contributed by atoms with van der Waals surface area (Å²) >= 11 is 0. The number of nitrogens with zero attached hydrogens (tertiary/aromatic N) is 2. The van der Waals surface area contributed by atoms with Crippen molar-refractivity contribution in [1.29, 1.82) is 0 Å². The van der Waals surface area contributed by atoms with Crippen LogP contribution >= 0.6 is 0 Å². The number of benzene rings is 1. The van der Waals surface area contributed by atoms with Gasteiger partial charge in [-0.15, -0.1) is 0 Å². The fourth-order valence-electron chi connectivity index (χ4n) is 2.77. The SMILES string of the molecule is [C-]#[N+]c1c(C(F)(F)F)cc(-c2ccccc2)n(NC2=CCCC2)c1=O. The van der Waals surface area contributed by atoms with E-state index in [0.717, 1.165) is 29.3 Å². The Balaban J connectivity index is 2.28. The van der Waals surface area contributed by atoms with E-state index in [1.54, 1.807) is 30.3 Å². The Morgan fingerprint density at radius 1 is 1.20 bits per heavy atom. The fourth-order valence-corrected chi connectivity index (χ4v) is 2.77. The van der Waals surface area contributed by atoms with E-state index in [9.17, 15) is 18.0 Å². The summed E-state index contributed by atoms with van der Waals surface area (Å²) in [6.45, 7) is 7.03. The average Bonchev–Trinajstić information content (AvgIpc) is 3.09. The second-order valence-corrected chi connectivity index (χ2v) is 5.64. The normalized spacial score (nSPS) is 14.1. The monoisotopic (exact) mass is 345 g/mol. The van der Waals surface area contributed by atoms with E-state index in [1.807, 2.05) is 6.08 Å². The molecule has 2 aromatic rings. The van der Waals surface area contributed by atoms with E-state index in [0.29, 0.717) is 12.0 Å². The van der Waals surface area contributed by atoms with Crippen molar-refractivity contribution in [2.24, 2.45) is 0 Å². The molecule has 0 atom stereocenters. The van der Waals surface area contributed by atoms with Crippen LogP contribution in [0, 0.1) is 6.57 Å². The first-order valence-electron chi connectivity index (χ1n) is 7.68. The molecule has 1 N–H and O–H groups in total. The minimum absolute atomic E-state index is 0.0677. The van der Waals surface area contributed by atoms with E-state index < -0.39 is 23.0 Å². The average molecular weight is 345 g/mol. The zero-order valence-electron chi connectivity index (χ0n) is 13.1. The quantitative estimate of drug-likeness (QED) is 0.819. The summed E-state index contributed by atoms with van der Waals surface area (Å²) in [6, 6.07) is 9.18. The number of pyridine rings is 1. The third kappa shape index (κ3) is 3.29. The maximum absolute atomic E-state index is 13.3. The minimum Gasteiger partial charge on any atom is -0.297 e. The Labute approximate surface area is 142 Å². The molecule has 0 unspecified atom stereocenters. The number of alkyl halides is 3. The molecule has 0 bridgehead atoms. The van der Waals surface area contributed by atoms with Crippen molar-refractivity contribution in [3.63, 3.8) is 0 Å². The van der Waals surface area contributed by atoms with Crippen LogP contribution < -0.4 is 11.0 Å². The predicted octanol–water partition coefficient (Wildman–Crippen LogP) is 4.70. The van der Waals surface area contributed by atoms with Crippen LogP contribution in [0.3, 0.4) is 0 Å². The molecule has 4 nitrogen and oxygen atoms in total. The Kier molecular flexibility index (Phi) is 4.36. The standard InChI is InChI=1S/C18H14F3N3O/c1-22-16-14(18(19,20)21)11-15(12-7-3-2-4-8-12)24(17(16)25)23-13-9-5-6-10-13/h2-4,7-9,11,23H,5-6,10H2. The van der Waals surface area contributed by atoms with Gasteiger partial charge in [0.1, 0.15) is 0 Å². The first-order chi connectivity index (χ1) is 11.9. The van der Waals surface area contributed by atoms with Crippen molar-refractivity contribution < 1.29 is 13.2 Å². The van der Waals surface area contributed by atoms with Crippen molar-refractivity contribution in [3.05, 3.63) is 75.5 Å². The molecule has 25 heavy (non-hydrogen) atoms. The second kappa shape index (κ2) is 6.48. The molecule has 1 aromatic carbocycles. The van der Waals surface area contributed by atoms with E-state index in [-0.39, 0.29) is 5.69 Å². The first-order valence-corrected chi connectivity index (χ1v) is 7.68. The van der Waals surface area contributed by atoms with Gasteiger partial charge in [0.25, 0.3) is 11.2 Å². The lowest BCUT2D eigenvalue weighted by molar-refractivity contribution is -0.136. The third-order valence-electron chi connectivity index (χ3n) is 3.97. The van der Waals surface area contributed by atoms with Gasteiger partial charge in [-0.25, -0.2) is 9.52 Å². The maximum atomic E-state index is 13.3. The lowest BCUT2D eigenvalue weighted by Gasteiger charge is -2.19. The van der Waals surface area contributed by atoms with Crippen LogP contribution in [0.1, 0.15) is 24.8 Å². The number of aromatic nitrogens is 1. The van der Waals surface area contributed by atoms with Gasteiger partial charge < -0.3 is 0 Å². The van der Waals surface area contributed by atoms with Crippen LogP contribution in [0.15, 0.2) is 53.0 Å². The molecule has 3 rings (SSSR count). The summed E-state index contributed by atoms with van der Waals surface area (Å²) in [5, 5.41) is 0. The van der Waals surface area contributed by atoms with Crippen LogP contribution in [-0.2, 0) is 6.18 Å². The molecule has 0 saturated carbocycles. The van der Waals surface area contributed by atoms with Gasteiger partial charge in [0.05, 0.1) is 17.8 Å². The molecule has 0 saturated heterocycles. The summed E-state index contributed by atoms with van der Waals surface area (Å²) in [7, 11) is 0. The largest absolute Gasteiger partial charge is 0.407 e. The topological polar surface area (TPSA) is 38.4 Å². The molecule has 1 aliphatic carbocycles. The molecule has 1 aromatic heterocycles. The number of hydrogen-bond donors (Lipinski definition) is 1. The van der Waals surface area contributed by atoms with Crippen molar-refractivity contribution in [2.45, 2.75) is 25.4 Å². The Hall–Kier alpha value is -3.01. The molecular formula is C18H14F3N3O. The molecule has 0 amide bonds. The molecule has 128 valence electrons. The lowest BCUT2D eigenvalue weighted by Crippen LogP contribution is -2.31. The highest BCUT2D eigenvalue weighted by atomic mass is 19.4. The van der Waals surface area contributed by atoms with Gasteiger partial charge in [-0.2, -0.15) is 13.2 Å². The lowest BCUT2D eigenvalue weighted by atomic mass is 10.1. The number of halogens is 3.